The summed E-state index contributed by atoms with van der Waals surface area (Å²) in [6.07, 6.45) is -6.73. The van der Waals surface area contributed by atoms with Crippen molar-refractivity contribution in [3.05, 3.63) is 16.0 Å². The Bertz CT molecular complexity index is 1580. The molecule has 1 saturated heterocycles. The van der Waals surface area contributed by atoms with E-state index in [2.05, 4.69) is 28.6 Å². The maximum absolute atomic E-state index is 13.2. The van der Waals surface area contributed by atoms with Crippen molar-refractivity contribution in [2.75, 3.05) is 6.61 Å². The van der Waals surface area contributed by atoms with Crippen LogP contribution in [0.5, 0.6) is 0 Å². The Labute approximate surface area is 221 Å². The van der Waals surface area contributed by atoms with Gasteiger partial charge in [-0.1, -0.05) is 5.21 Å². The number of carbonyl (C=O) groups excluding carboxylic acids is 2. The molecule has 0 bridgehead atoms. The molecule has 2 aromatic heterocycles. The number of rotatable bonds is 10. The molecule has 2 aromatic rings. The monoisotopic (exact) mass is 632 g/mol. The number of fused-ring (bicyclic) bond motifs is 1. The highest BCUT2D eigenvalue weighted by Gasteiger charge is 2.52. The van der Waals surface area contributed by atoms with Crippen molar-refractivity contribution in [2.24, 2.45) is 7.05 Å². The first-order chi connectivity index (χ1) is 18.3. The number of nitriles is 1. The van der Waals surface area contributed by atoms with E-state index < -0.39 is 72.1 Å². The number of phosphoric acid groups is 3. The Morgan fingerprint density at radius 2 is 1.65 bits per heavy atom. The molecule has 6 unspecified atom stereocenters. The van der Waals surface area contributed by atoms with Crippen molar-refractivity contribution in [3.8, 4) is 6.07 Å². The fraction of sp³-hybridized carbons (Fsp3) is 0.533. The van der Waals surface area contributed by atoms with E-state index in [1.54, 1.807) is 6.07 Å². The van der Waals surface area contributed by atoms with E-state index >= 15 is 0 Å². The van der Waals surface area contributed by atoms with Gasteiger partial charge in [-0.3, -0.25) is 23.6 Å². The van der Waals surface area contributed by atoms with Gasteiger partial charge in [-0.05, 0) is 0 Å². The van der Waals surface area contributed by atoms with Crippen LogP contribution in [0.2, 0.25) is 0 Å². The zero-order chi connectivity index (χ0) is 30.2. The summed E-state index contributed by atoms with van der Waals surface area (Å²) in [7, 11) is -15.8. The molecule has 6 atom stereocenters. The number of hydrogen-bond donors (Lipinski definition) is 4. The summed E-state index contributed by atoms with van der Waals surface area (Å²) in [5.41, 5.74) is -1.59. The molecule has 0 amide bonds. The third-order valence-electron chi connectivity index (χ3n) is 4.73. The first-order valence-electron chi connectivity index (χ1n) is 10.3. The van der Waals surface area contributed by atoms with E-state index in [1.165, 1.54) is 7.05 Å². The minimum absolute atomic E-state index is 0.172. The van der Waals surface area contributed by atoms with Gasteiger partial charge in [0.2, 0.25) is 0 Å². The molecule has 22 nitrogen and oxygen atoms in total. The molecule has 0 radical (unpaired) electrons. The van der Waals surface area contributed by atoms with Gasteiger partial charge in [0.15, 0.2) is 35.2 Å². The molecule has 0 aromatic carbocycles. The maximum Gasteiger partial charge on any atom is 0.490 e. The van der Waals surface area contributed by atoms with E-state index in [0.29, 0.717) is 4.68 Å². The lowest BCUT2D eigenvalue weighted by Crippen LogP contribution is -2.42. The number of aryl methyl sites for hydroxylation is 1. The third kappa shape index (κ3) is 7.42. The summed E-state index contributed by atoms with van der Waals surface area (Å²) >= 11 is 0. The number of phosphoric ester groups is 1. The van der Waals surface area contributed by atoms with Gasteiger partial charge in [0.05, 0.1) is 6.61 Å². The Kier molecular flexibility index (Phi) is 9.10. The van der Waals surface area contributed by atoms with Crippen LogP contribution in [0, 0.1) is 11.3 Å². The molecule has 0 saturated carbocycles. The quantitative estimate of drug-likeness (QED) is 0.171. The van der Waals surface area contributed by atoms with Crippen molar-refractivity contribution < 1.29 is 70.2 Å². The van der Waals surface area contributed by atoms with Gasteiger partial charge in [0.25, 0.3) is 5.56 Å². The summed E-state index contributed by atoms with van der Waals surface area (Å²) in [5.74, 6) is -1.94. The molecule has 1 aliphatic rings. The van der Waals surface area contributed by atoms with Gasteiger partial charge in [0, 0.05) is 20.9 Å². The van der Waals surface area contributed by atoms with Crippen molar-refractivity contribution in [3.63, 3.8) is 0 Å². The number of ether oxygens (including phenoxy) is 3. The van der Waals surface area contributed by atoms with Gasteiger partial charge < -0.3 is 33.8 Å². The lowest BCUT2D eigenvalue weighted by atomic mass is 10.1. The summed E-state index contributed by atoms with van der Waals surface area (Å²) < 4.78 is 63.7. The molecular weight excluding hydrogens is 613 g/mol. The molecular formula is C15H19N6O16P3. The van der Waals surface area contributed by atoms with Crippen LogP contribution in [0.25, 0.3) is 11.0 Å². The van der Waals surface area contributed by atoms with Crippen LogP contribution in [0.15, 0.2) is 4.79 Å². The van der Waals surface area contributed by atoms with Crippen LogP contribution in [0.4, 0.5) is 0 Å². The topological polar surface area (TPSA) is 311 Å². The predicted molar refractivity (Wildman–Crippen MR) is 120 cm³/mol. The van der Waals surface area contributed by atoms with Crippen molar-refractivity contribution >= 4 is 46.4 Å². The number of hydrogen-bond acceptors (Lipinski definition) is 16. The maximum atomic E-state index is 13.2. The van der Waals surface area contributed by atoms with Gasteiger partial charge in [-0.2, -0.15) is 23.7 Å². The van der Waals surface area contributed by atoms with E-state index in [-0.39, 0.29) is 16.7 Å². The van der Waals surface area contributed by atoms with Gasteiger partial charge >= 0.3 is 35.4 Å². The van der Waals surface area contributed by atoms with Gasteiger partial charge in [-0.15, -0.1) is 5.10 Å². The highest BCUT2D eigenvalue weighted by molar-refractivity contribution is 7.66. The smallest absolute Gasteiger partial charge is 0.456 e. The molecule has 0 aliphatic carbocycles. The molecule has 40 heavy (non-hydrogen) atoms. The number of aromatic nitrogens is 5. The second-order valence-corrected chi connectivity index (χ2v) is 12.1. The van der Waals surface area contributed by atoms with Crippen molar-refractivity contribution in [1.29, 1.82) is 5.26 Å². The standard InChI is InChI=1S/C15H19N6O16P3/c1-6(22)33-12-9(5-32-39(28,29)37-40(30,31)36-38(25,26)27)35-15(13(12)34-7(2)23)21-14(24)11-10(17-19-21)8(4-16)18-20(11)3/h9,12-13,15H,5H2,1-3H3,(H,28,29)(H,30,31)(H2,25,26,27). The van der Waals surface area contributed by atoms with E-state index in [1.807, 2.05) is 0 Å². The highest BCUT2D eigenvalue weighted by atomic mass is 31.3. The predicted octanol–water partition coefficient (Wildman–Crippen LogP) is -1.50. The Morgan fingerprint density at radius 1 is 1.05 bits per heavy atom. The number of nitrogens with zero attached hydrogens (tertiary/aromatic N) is 6. The summed E-state index contributed by atoms with van der Waals surface area (Å²) in [6, 6.07) is 1.73. The zero-order valence-corrected chi connectivity index (χ0v) is 22.9. The molecule has 1 fully saturated rings. The first-order valence-corrected chi connectivity index (χ1v) is 14.9. The third-order valence-corrected chi connectivity index (χ3v) is 8.53. The Hall–Kier alpha value is -2.92. The molecule has 220 valence electrons. The minimum Gasteiger partial charge on any atom is -0.456 e. The first kappa shape index (κ1) is 31.6. The van der Waals surface area contributed by atoms with Crippen LogP contribution in [-0.4, -0.2) is 81.2 Å². The lowest BCUT2D eigenvalue weighted by Gasteiger charge is -2.23. The largest absolute Gasteiger partial charge is 0.490 e. The van der Waals surface area contributed by atoms with Crippen LogP contribution in [0.1, 0.15) is 25.8 Å². The van der Waals surface area contributed by atoms with Crippen LogP contribution in [0.3, 0.4) is 0 Å². The normalized spacial score (nSPS) is 24.1. The molecule has 3 rings (SSSR count). The Balaban J connectivity index is 1.97. The second-order valence-electron chi connectivity index (χ2n) is 7.72. The van der Waals surface area contributed by atoms with Gasteiger partial charge in [0.1, 0.15) is 12.2 Å². The molecule has 3 heterocycles. The van der Waals surface area contributed by atoms with E-state index in [0.717, 1.165) is 18.5 Å². The molecule has 25 heteroatoms. The van der Waals surface area contributed by atoms with Crippen LogP contribution >= 0.6 is 23.5 Å². The summed E-state index contributed by atoms with van der Waals surface area (Å²) in [4.78, 5) is 73.1. The minimum atomic E-state index is -5.85. The zero-order valence-electron chi connectivity index (χ0n) is 20.2. The van der Waals surface area contributed by atoms with Crippen molar-refractivity contribution in [1.82, 2.24) is 24.8 Å². The lowest BCUT2D eigenvalue weighted by molar-refractivity contribution is -0.166. The molecule has 4 N–H and O–H groups in total. The van der Waals surface area contributed by atoms with Crippen LogP contribution in [-0.2, 0) is 57.7 Å². The second kappa shape index (κ2) is 11.5. The van der Waals surface area contributed by atoms with Crippen molar-refractivity contribution in [2.45, 2.75) is 38.4 Å². The number of carbonyl (C=O) groups is 2. The average Bonchev–Trinajstić information content (AvgIpc) is 3.27. The van der Waals surface area contributed by atoms with E-state index in [4.69, 9.17) is 24.0 Å². The van der Waals surface area contributed by atoms with E-state index in [9.17, 15) is 43.1 Å². The fourth-order valence-electron chi connectivity index (χ4n) is 3.49. The van der Waals surface area contributed by atoms with Crippen LogP contribution < -0.4 is 5.56 Å². The summed E-state index contributed by atoms with van der Waals surface area (Å²) in [6.45, 7) is 0.762. The molecule has 0 spiro atoms. The molecule has 1 aliphatic heterocycles. The fourth-order valence-corrected chi connectivity index (χ4v) is 6.52. The Morgan fingerprint density at radius 3 is 2.20 bits per heavy atom. The number of esters is 2. The van der Waals surface area contributed by atoms with Gasteiger partial charge in [-0.25, -0.2) is 13.7 Å². The SMILES string of the molecule is CC(=O)OC1C(COP(=O)(O)OP(=O)(O)OP(=O)(O)O)OC(n2nnc3c(C#N)nn(C)c3c2=O)C1OC(C)=O. The highest BCUT2D eigenvalue weighted by Crippen LogP contribution is 2.66. The summed E-state index contributed by atoms with van der Waals surface area (Å²) in [5, 5.41) is 20.5. The average molecular weight is 632 g/mol.